The van der Waals surface area contributed by atoms with Gasteiger partial charge in [-0.3, -0.25) is 4.68 Å². The van der Waals surface area contributed by atoms with E-state index in [4.69, 9.17) is 9.47 Å². The van der Waals surface area contributed by atoms with Gasteiger partial charge in [-0.1, -0.05) is 0 Å². The van der Waals surface area contributed by atoms with Crippen LogP contribution in [-0.2, 0) is 16.0 Å². The Morgan fingerprint density at radius 3 is 2.84 bits per heavy atom. The van der Waals surface area contributed by atoms with Gasteiger partial charge in [-0.05, 0) is 15.9 Å². The van der Waals surface area contributed by atoms with E-state index in [1.165, 1.54) is 0 Å². The van der Waals surface area contributed by atoms with Gasteiger partial charge in [-0.25, -0.2) is 8.78 Å². The largest absolute Gasteiger partial charge is 0.387 e. The van der Waals surface area contributed by atoms with Crippen molar-refractivity contribution in [3.63, 3.8) is 0 Å². The molecule has 0 radical (unpaired) electrons. The third kappa shape index (κ3) is 5.52. The highest BCUT2D eigenvalue weighted by Gasteiger charge is 2.17. The molecular weight excluding hydrogens is 326 g/mol. The van der Waals surface area contributed by atoms with Crippen LogP contribution >= 0.6 is 15.9 Å². The van der Waals surface area contributed by atoms with Gasteiger partial charge >= 0.3 is 0 Å². The van der Waals surface area contributed by atoms with E-state index in [0.717, 1.165) is 0 Å². The zero-order valence-electron chi connectivity index (χ0n) is 10.6. The van der Waals surface area contributed by atoms with Crippen LogP contribution in [0.3, 0.4) is 0 Å². The smallest absolute Gasteiger partial charge is 0.261 e. The lowest BCUT2D eigenvalue weighted by Gasteiger charge is -2.14. The van der Waals surface area contributed by atoms with E-state index >= 15 is 0 Å². The molecule has 0 aliphatic rings. The van der Waals surface area contributed by atoms with Gasteiger partial charge in [0, 0.05) is 20.1 Å². The maximum absolute atomic E-state index is 11.9. The van der Waals surface area contributed by atoms with Crippen LogP contribution in [0.4, 0.5) is 8.78 Å². The minimum Gasteiger partial charge on any atom is -0.387 e. The third-order valence-electron chi connectivity index (χ3n) is 2.44. The average molecular weight is 343 g/mol. The number of halogens is 3. The minimum atomic E-state index is -2.49. The summed E-state index contributed by atoms with van der Waals surface area (Å²) in [6, 6.07) is 0. The topological polar surface area (TPSA) is 56.5 Å². The van der Waals surface area contributed by atoms with Crippen LogP contribution < -0.4 is 0 Å². The van der Waals surface area contributed by atoms with E-state index < -0.39 is 19.1 Å². The molecule has 1 atom stereocenters. The minimum absolute atomic E-state index is 0.0629. The Hall–Kier alpha value is -0.570. The standard InChI is InChI=1S/C11H17BrF2N2O3/c1-18-5-3-16-11(8(12)6-15-16)9(17)2-4-19-7-10(13)14/h6,9-10,17H,2-5,7H2,1H3. The summed E-state index contributed by atoms with van der Waals surface area (Å²) in [6.07, 6.45) is -1.51. The molecule has 1 rings (SSSR count). The van der Waals surface area contributed by atoms with Crippen LogP contribution in [0.15, 0.2) is 10.7 Å². The summed E-state index contributed by atoms with van der Waals surface area (Å²) in [5, 5.41) is 14.1. The number of nitrogens with zero attached hydrogens (tertiary/aromatic N) is 2. The normalized spacial score (nSPS) is 13.2. The molecule has 1 aromatic rings. The lowest BCUT2D eigenvalue weighted by molar-refractivity contribution is 0.00374. The van der Waals surface area contributed by atoms with Gasteiger partial charge in [0.05, 0.1) is 35.6 Å². The molecule has 110 valence electrons. The van der Waals surface area contributed by atoms with Crippen molar-refractivity contribution in [1.82, 2.24) is 9.78 Å². The Bertz CT molecular complexity index is 377. The number of methoxy groups -OCH3 is 1. The molecule has 0 spiro atoms. The molecule has 0 aliphatic carbocycles. The predicted molar refractivity (Wildman–Crippen MR) is 68.2 cm³/mol. The molecule has 1 unspecified atom stereocenters. The molecule has 0 bridgehead atoms. The molecular formula is C11H17BrF2N2O3. The molecule has 0 aromatic carbocycles. The van der Waals surface area contributed by atoms with Crippen LogP contribution in [-0.4, -0.2) is 48.2 Å². The average Bonchev–Trinajstić information content (AvgIpc) is 2.73. The Morgan fingerprint density at radius 1 is 1.47 bits per heavy atom. The van der Waals surface area contributed by atoms with Crippen LogP contribution in [0, 0.1) is 0 Å². The maximum Gasteiger partial charge on any atom is 0.261 e. The summed E-state index contributed by atoms with van der Waals surface area (Å²) >= 11 is 3.30. The van der Waals surface area contributed by atoms with Gasteiger partial charge in [0.1, 0.15) is 6.61 Å². The monoisotopic (exact) mass is 342 g/mol. The number of ether oxygens (including phenoxy) is 2. The van der Waals surface area contributed by atoms with Crippen molar-refractivity contribution in [3.05, 3.63) is 16.4 Å². The van der Waals surface area contributed by atoms with E-state index in [9.17, 15) is 13.9 Å². The van der Waals surface area contributed by atoms with Gasteiger partial charge < -0.3 is 14.6 Å². The van der Waals surface area contributed by atoms with E-state index in [1.54, 1.807) is 18.0 Å². The molecule has 0 fully saturated rings. The van der Waals surface area contributed by atoms with Crippen molar-refractivity contribution in [2.45, 2.75) is 25.5 Å². The molecule has 1 heterocycles. The number of hydrogen-bond acceptors (Lipinski definition) is 4. The highest BCUT2D eigenvalue weighted by molar-refractivity contribution is 9.10. The van der Waals surface area contributed by atoms with Gasteiger partial charge in [0.2, 0.25) is 0 Å². The van der Waals surface area contributed by atoms with Crippen molar-refractivity contribution < 1.29 is 23.4 Å². The number of aliphatic hydroxyl groups excluding tert-OH is 1. The molecule has 8 heteroatoms. The van der Waals surface area contributed by atoms with Gasteiger partial charge in [0.25, 0.3) is 6.43 Å². The molecule has 19 heavy (non-hydrogen) atoms. The highest BCUT2D eigenvalue weighted by Crippen LogP contribution is 2.25. The summed E-state index contributed by atoms with van der Waals surface area (Å²) in [5.41, 5.74) is 0.595. The molecule has 0 aliphatic heterocycles. The van der Waals surface area contributed by atoms with E-state index in [0.29, 0.717) is 23.3 Å². The molecule has 0 saturated carbocycles. The summed E-state index contributed by atoms with van der Waals surface area (Å²) in [5.74, 6) is 0. The maximum atomic E-state index is 11.9. The van der Waals surface area contributed by atoms with Crippen LogP contribution in [0.1, 0.15) is 18.2 Å². The zero-order valence-corrected chi connectivity index (χ0v) is 12.1. The Labute approximate surface area is 118 Å². The van der Waals surface area contributed by atoms with Crippen LogP contribution in [0.25, 0.3) is 0 Å². The van der Waals surface area contributed by atoms with Crippen molar-refractivity contribution in [1.29, 1.82) is 0 Å². The van der Waals surface area contributed by atoms with Crippen molar-refractivity contribution >= 4 is 15.9 Å². The SMILES string of the molecule is COCCn1ncc(Br)c1C(O)CCOCC(F)F. The molecule has 0 saturated heterocycles. The lowest BCUT2D eigenvalue weighted by atomic mass is 10.2. The first-order chi connectivity index (χ1) is 9.06. The first kappa shape index (κ1) is 16.5. The van der Waals surface area contributed by atoms with Crippen molar-refractivity contribution in [2.75, 3.05) is 26.9 Å². The molecule has 0 amide bonds. The van der Waals surface area contributed by atoms with Crippen LogP contribution in [0.5, 0.6) is 0 Å². The highest BCUT2D eigenvalue weighted by atomic mass is 79.9. The second-order valence-corrected chi connectivity index (χ2v) is 4.72. The van der Waals surface area contributed by atoms with Crippen LogP contribution in [0.2, 0.25) is 0 Å². The predicted octanol–water partition coefficient (Wildman–Crippen LogP) is 2.00. The third-order valence-corrected chi connectivity index (χ3v) is 3.05. The summed E-state index contributed by atoms with van der Waals surface area (Å²) in [6.45, 7) is 0.423. The molecule has 1 N–H and O–H groups in total. The molecule has 1 aromatic heterocycles. The number of hydrogen-bond donors (Lipinski definition) is 1. The van der Waals surface area contributed by atoms with E-state index in [2.05, 4.69) is 21.0 Å². The van der Waals surface area contributed by atoms with E-state index in [1.807, 2.05) is 0 Å². The Kier molecular flexibility index (Phi) is 7.44. The van der Waals surface area contributed by atoms with E-state index in [-0.39, 0.29) is 13.0 Å². The first-order valence-electron chi connectivity index (χ1n) is 5.80. The molecule has 5 nitrogen and oxygen atoms in total. The number of aromatic nitrogens is 2. The first-order valence-corrected chi connectivity index (χ1v) is 6.59. The number of rotatable bonds is 9. The fourth-order valence-electron chi connectivity index (χ4n) is 1.56. The van der Waals surface area contributed by atoms with Gasteiger partial charge in [-0.2, -0.15) is 5.10 Å². The Morgan fingerprint density at radius 2 is 2.21 bits per heavy atom. The Balaban J connectivity index is 2.50. The fraction of sp³-hybridized carbons (Fsp3) is 0.727. The lowest BCUT2D eigenvalue weighted by Crippen LogP contribution is -2.15. The fourth-order valence-corrected chi connectivity index (χ4v) is 2.12. The summed E-state index contributed by atoms with van der Waals surface area (Å²) in [4.78, 5) is 0. The van der Waals surface area contributed by atoms with Crippen molar-refractivity contribution in [2.24, 2.45) is 0 Å². The van der Waals surface area contributed by atoms with Crippen molar-refractivity contribution in [3.8, 4) is 0 Å². The second kappa shape index (κ2) is 8.57. The number of alkyl halides is 2. The van der Waals surface area contributed by atoms with Gasteiger partial charge in [-0.15, -0.1) is 0 Å². The zero-order chi connectivity index (χ0) is 14.3. The summed E-state index contributed by atoms with van der Waals surface area (Å²) < 4.78 is 35.7. The quantitative estimate of drug-likeness (QED) is 0.697. The number of aliphatic hydroxyl groups is 1. The second-order valence-electron chi connectivity index (χ2n) is 3.86. The van der Waals surface area contributed by atoms with Gasteiger partial charge in [0.15, 0.2) is 0 Å². The summed E-state index contributed by atoms with van der Waals surface area (Å²) in [7, 11) is 1.58.